The van der Waals surface area contributed by atoms with Crippen molar-refractivity contribution in [3.05, 3.63) is 0 Å². The number of aliphatic hydroxyl groups excluding tert-OH is 1. The lowest BCUT2D eigenvalue weighted by Crippen LogP contribution is -2.48. The molecule has 3 heteroatoms. The summed E-state index contributed by atoms with van der Waals surface area (Å²) in [5.41, 5.74) is 0. The second-order valence-electron chi connectivity index (χ2n) is 6.02. The summed E-state index contributed by atoms with van der Waals surface area (Å²) in [6.07, 6.45) is 3.22. The van der Waals surface area contributed by atoms with Gasteiger partial charge in [0.1, 0.15) is 0 Å². The molecule has 0 aromatic rings. The van der Waals surface area contributed by atoms with Crippen LogP contribution in [0.4, 0.5) is 0 Å². The highest BCUT2D eigenvalue weighted by Crippen LogP contribution is 2.22. The lowest BCUT2D eigenvalue weighted by atomic mass is 9.87. The zero-order valence-electron chi connectivity index (χ0n) is 11.9. The molecule has 3 unspecified atom stereocenters. The minimum absolute atomic E-state index is 0.140. The van der Waals surface area contributed by atoms with E-state index in [0.717, 1.165) is 26.1 Å². The Kier molecular flexibility index (Phi) is 6.45. The summed E-state index contributed by atoms with van der Waals surface area (Å²) in [5, 5.41) is 13.6. The molecule has 102 valence electrons. The van der Waals surface area contributed by atoms with Gasteiger partial charge in [0.05, 0.1) is 6.10 Å². The van der Waals surface area contributed by atoms with Gasteiger partial charge in [0.2, 0.25) is 0 Å². The van der Waals surface area contributed by atoms with Crippen LogP contribution in [-0.2, 0) is 0 Å². The van der Waals surface area contributed by atoms with Crippen molar-refractivity contribution in [3.8, 4) is 0 Å². The highest BCUT2D eigenvalue weighted by Gasteiger charge is 2.27. The quantitative estimate of drug-likeness (QED) is 0.744. The molecule has 1 fully saturated rings. The fourth-order valence-corrected chi connectivity index (χ4v) is 2.72. The molecule has 1 aliphatic rings. The molecule has 17 heavy (non-hydrogen) atoms. The lowest BCUT2D eigenvalue weighted by Gasteiger charge is -2.37. The summed E-state index contributed by atoms with van der Waals surface area (Å²) in [7, 11) is 2.19. The first-order chi connectivity index (χ1) is 8.02. The van der Waals surface area contributed by atoms with Gasteiger partial charge in [-0.1, -0.05) is 20.8 Å². The molecular weight excluding hydrogens is 212 g/mol. The molecule has 3 atom stereocenters. The van der Waals surface area contributed by atoms with E-state index in [1.165, 1.54) is 12.8 Å². The minimum Gasteiger partial charge on any atom is -0.393 e. The second-order valence-corrected chi connectivity index (χ2v) is 6.02. The fourth-order valence-electron chi connectivity index (χ4n) is 2.72. The zero-order chi connectivity index (χ0) is 12.8. The van der Waals surface area contributed by atoms with Crippen molar-refractivity contribution >= 4 is 0 Å². The Morgan fingerprint density at radius 2 is 2.06 bits per heavy atom. The third kappa shape index (κ3) is 5.36. The molecule has 0 aromatic carbocycles. The zero-order valence-corrected chi connectivity index (χ0v) is 11.9. The van der Waals surface area contributed by atoms with Crippen molar-refractivity contribution in [3.63, 3.8) is 0 Å². The molecule has 0 saturated carbocycles. The number of hydrogen-bond acceptors (Lipinski definition) is 3. The van der Waals surface area contributed by atoms with Crippen LogP contribution in [0, 0.1) is 11.8 Å². The average Bonchev–Trinajstić information content (AvgIpc) is 2.25. The number of hydrogen-bond donors (Lipinski definition) is 2. The number of likely N-dealkylation sites (N-methyl/N-ethyl adjacent to an activating group) is 1. The van der Waals surface area contributed by atoms with Crippen molar-refractivity contribution in [2.24, 2.45) is 11.8 Å². The van der Waals surface area contributed by atoms with Crippen LogP contribution in [0.15, 0.2) is 0 Å². The largest absolute Gasteiger partial charge is 0.393 e. The Bertz CT molecular complexity index is 208. The first kappa shape index (κ1) is 14.9. The van der Waals surface area contributed by atoms with E-state index in [0.29, 0.717) is 17.9 Å². The SMILES string of the molecule is CCCNC1CC(CC(O)C(C)C)CN(C)C1. The number of likely N-dealkylation sites (tertiary alicyclic amines) is 1. The van der Waals surface area contributed by atoms with Gasteiger partial charge in [0.25, 0.3) is 0 Å². The van der Waals surface area contributed by atoms with E-state index in [1.54, 1.807) is 0 Å². The predicted molar refractivity (Wildman–Crippen MR) is 73.1 cm³/mol. The number of rotatable bonds is 6. The molecule has 2 N–H and O–H groups in total. The van der Waals surface area contributed by atoms with Crippen molar-refractivity contribution < 1.29 is 5.11 Å². The maximum atomic E-state index is 9.99. The third-order valence-corrected chi connectivity index (χ3v) is 3.75. The number of aliphatic hydroxyl groups is 1. The van der Waals surface area contributed by atoms with Gasteiger partial charge in [-0.05, 0) is 44.7 Å². The van der Waals surface area contributed by atoms with Gasteiger partial charge in [-0.3, -0.25) is 0 Å². The van der Waals surface area contributed by atoms with Gasteiger partial charge in [-0.25, -0.2) is 0 Å². The third-order valence-electron chi connectivity index (χ3n) is 3.75. The molecule has 1 saturated heterocycles. The fraction of sp³-hybridized carbons (Fsp3) is 1.00. The van der Waals surface area contributed by atoms with Crippen LogP contribution >= 0.6 is 0 Å². The number of nitrogens with zero attached hydrogens (tertiary/aromatic N) is 1. The maximum Gasteiger partial charge on any atom is 0.0566 e. The summed E-state index contributed by atoms with van der Waals surface area (Å²) in [4.78, 5) is 2.40. The first-order valence-corrected chi connectivity index (χ1v) is 7.12. The molecule has 0 bridgehead atoms. The van der Waals surface area contributed by atoms with E-state index >= 15 is 0 Å². The topological polar surface area (TPSA) is 35.5 Å². The Hall–Kier alpha value is -0.120. The standard InChI is InChI=1S/C14H30N2O/c1-5-6-15-13-7-12(9-16(4)10-13)8-14(17)11(2)3/h11-15,17H,5-10H2,1-4H3. The summed E-state index contributed by atoms with van der Waals surface area (Å²) in [6.45, 7) is 9.80. The molecule has 0 spiro atoms. The Labute approximate surface area is 107 Å². The smallest absolute Gasteiger partial charge is 0.0566 e. The minimum atomic E-state index is -0.140. The molecule has 1 aliphatic heterocycles. The average molecular weight is 242 g/mol. The highest BCUT2D eigenvalue weighted by molar-refractivity contribution is 4.83. The Balaban J connectivity index is 2.39. The van der Waals surface area contributed by atoms with E-state index < -0.39 is 0 Å². The van der Waals surface area contributed by atoms with Crippen LogP contribution < -0.4 is 5.32 Å². The van der Waals surface area contributed by atoms with Gasteiger partial charge in [-0.15, -0.1) is 0 Å². The van der Waals surface area contributed by atoms with E-state index in [1.807, 2.05) is 0 Å². The van der Waals surface area contributed by atoms with E-state index in [9.17, 15) is 5.11 Å². The van der Waals surface area contributed by atoms with Crippen LogP contribution in [0.25, 0.3) is 0 Å². The Morgan fingerprint density at radius 3 is 2.65 bits per heavy atom. The van der Waals surface area contributed by atoms with Crippen molar-refractivity contribution in [2.75, 3.05) is 26.7 Å². The van der Waals surface area contributed by atoms with E-state index in [-0.39, 0.29) is 6.10 Å². The van der Waals surface area contributed by atoms with E-state index in [2.05, 4.69) is 38.0 Å². The molecule has 1 rings (SSSR count). The van der Waals surface area contributed by atoms with Gasteiger partial charge >= 0.3 is 0 Å². The predicted octanol–water partition coefficient (Wildman–Crippen LogP) is 1.71. The monoisotopic (exact) mass is 242 g/mol. The van der Waals surface area contributed by atoms with E-state index in [4.69, 9.17) is 0 Å². The normalized spacial score (nSPS) is 28.6. The van der Waals surface area contributed by atoms with Crippen molar-refractivity contribution in [1.82, 2.24) is 10.2 Å². The number of piperidine rings is 1. The van der Waals surface area contributed by atoms with Gasteiger partial charge in [0.15, 0.2) is 0 Å². The first-order valence-electron chi connectivity index (χ1n) is 7.12. The van der Waals surface area contributed by atoms with Gasteiger partial charge < -0.3 is 15.3 Å². The second kappa shape index (κ2) is 7.34. The summed E-state index contributed by atoms with van der Waals surface area (Å²) < 4.78 is 0. The lowest BCUT2D eigenvalue weighted by molar-refractivity contribution is 0.0686. The highest BCUT2D eigenvalue weighted by atomic mass is 16.3. The molecular formula is C14H30N2O. The summed E-state index contributed by atoms with van der Waals surface area (Å²) in [6, 6.07) is 0.609. The van der Waals surface area contributed by atoms with Crippen molar-refractivity contribution in [1.29, 1.82) is 0 Å². The molecule has 3 nitrogen and oxygen atoms in total. The van der Waals surface area contributed by atoms with Crippen LogP contribution in [0.1, 0.15) is 40.0 Å². The van der Waals surface area contributed by atoms with Crippen LogP contribution in [-0.4, -0.2) is 48.8 Å². The molecule has 1 heterocycles. The van der Waals surface area contributed by atoms with Crippen LogP contribution in [0.3, 0.4) is 0 Å². The summed E-state index contributed by atoms with van der Waals surface area (Å²) >= 11 is 0. The van der Waals surface area contributed by atoms with Gasteiger partial charge in [-0.2, -0.15) is 0 Å². The molecule has 0 aliphatic carbocycles. The number of nitrogens with one attached hydrogen (secondary N) is 1. The van der Waals surface area contributed by atoms with Crippen molar-refractivity contribution in [2.45, 2.75) is 52.2 Å². The Morgan fingerprint density at radius 1 is 1.35 bits per heavy atom. The van der Waals surface area contributed by atoms with Crippen LogP contribution in [0.2, 0.25) is 0 Å². The molecule has 0 radical (unpaired) electrons. The maximum absolute atomic E-state index is 9.99. The van der Waals surface area contributed by atoms with Crippen LogP contribution in [0.5, 0.6) is 0 Å². The summed E-state index contributed by atoms with van der Waals surface area (Å²) in [5.74, 6) is 1.02. The molecule has 0 amide bonds. The van der Waals surface area contributed by atoms with Gasteiger partial charge in [0, 0.05) is 19.1 Å². The molecule has 0 aromatic heterocycles.